The van der Waals surface area contributed by atoms with Gasteiger partial charge in [0.15, 0.2) is 0 Å². The first-order valence-corrected chi connectivity index (χ1v) is 8.08. The van der Waals surface area contributed by atoms with E-state index in [0.717, 1.165) is 0 Å². The maximum absolute atomic E-state index is 5.97. The van der Waals surface area contributed by atoms with E-state index in [1.165, 1.54) is 14.2 Å². The fourth-order valence-electron chi connectivity index (χ4n) is 0.844. The van der Waals surface area contributed by atoms with Crippen LogP contribution in [0.15, 0.2) is 16.6 Å². The van der Waals surface area contributed by atoms with Crippen LogP contribution >= 0.6 is 45.9 Å². The Morgan fingerprint density at radius 3 is 2.18 bits per heavy atom. The molecule has 0 aliphatic rings. The van der Waals surface area contributed by atoms with Crippen LogP contribution in [0, 0.1) is 0 Å². The normalized spacial score (nSPS) is 10.9. The Morgan fingerprint density at radius 2 is 1.71 bits per heavy atom. The first-order chi connectivity index (χ1) is 7.41. The van der Waals surface area contributed by atoms with Gasteiger partial charge >= 0.3 is 6.72 Å². The molecule has 0 bridgehead atoms. The van der Waals surface area contributed by atoms with Crippen LogP contribution in [-0.4, -0.2) is 14.2 Å². The molecule has 0 atom stereocenters. The van der Waals surface area contributed by atoms with Crippen molar-refractivity contribution >= 4 is 57.7 Å². The summed E-state index contributed by atoms with van der Waals surface area (Å²) in [7, 11) is 2.83. The summed E-state index contributed by atoms with van der Waals surface area (Å²) in [4.78, 5) is 0. The van der Waals surface area contributed by atoms with Crippen molar-refractivity contribution in [3.8, 4) is 5.75 Å². The molecule has 9 heteroatoms. The Hall–Kier alpha value is 1.36. The minimum absolute atomic E-state index is 0. The Bertz CT molecular complexity index is 441. The molecule has 3 nitrogen and oxygen atoms in total. The van der Waals surface area contributed by atoms with Crippen molar-refractivity contribution in [2.24, 2.45) is 0 Å². The average Bonchev–Trinajstić information content (AvgIpc) is 2.25. The maximum atomic E-state index is 5.97. The van der Waals surface area contributed by atoms with Crippen LogP contribution in [0.2, 0.25) is 10.0 Å². The number of hydrogen-bond donors (Lipinski definition) is 0. The molecule has 1 aromatic carbocycles. The van der Waals surface area contributed by atoms with Gasteiger partial charge in [-0.05, 0) is 22.0 Å². The van der Waals surface area contributed by atoms with Gasteiger partial charge in [0.05, 0.1) is 10.0 Å². The largest absolute Gasteiger partial charge is 0.422 e. The SMILES string of the molecule is COP(=S)(OC)Oc1cc(Cl)c(Br)cc1Cl.[Ti]. The summed E-state index contributed by atoms with van der Waals surface area (Å²) in [5, 5.41) is 0.841. The van der Waals surface area contributed by atoms with Crippen molar-refractivity contribution in [1.29, 1.82) is 0 Å². The Morgan fingerprint density at radius 1 is 1.18 bits per heavy atom. The molecule has 94 valence electrons. The van der Waals surface area contributed by atoms with E-state index >= 15 is 0 Å². The summed E-state index contributed by atoms with van der Waals surface area (Å²) in [5.74, 6) is 0.335. The number of rotatable bonds is 4. The molecule has 0 aliphatic carbocycles. The van der Waals surface area contributed by atoms with Gasteiger partial charge in [0, 0.05) is 58.3 Å². The second-order valence-electron chi connectivity index (χ2n) is 2.60. The summed E-state index contributed by atoms with van der Waals surface area (Å²) >= 11 is 20.2. The third-order valence-corrected chi connectivity index (χ3v) is 5.56. The second-order valence-corrected chi connectivity index (χ2v) is 7.42. The van der Waals surface area contributed by atoms with Gasteiger partial charge in [-0.3, -0.25) is 0 Å². The van der Waals surface area contributed by atoms with Gasteiger partial charge in [0.1, 0.15) is 5.75 Å². The zero-order chi connectivity index (χ0) is 12.3. The van der Waals surface area contributed by atoms with Crippen LogP contribution < -0.4 is 4.52 Å². The Labute approximate surface area is 138 Å². The summed E-state index contributed by atoms with van der Waals surface area (Å²) < 4.78 is 16.1. The predicted molar refractivity (Wildman–Crippen MR) is 73.1 cm³/mol. The van der Waals surface area contributed by atoms with Crippen molar-refractivity contribution < 1.29 is 35.3 Å². The third kappa shape index (κ3) is 5.09. The zero-order valence-corrected chi connectivity index (χ0v) is 15.2. The molecule has 0 saturated heterocycles. The summed E-state index contributed by atoms with van der Waals surface area (Å²) in [5.41, 5.74) is 0. The predicted octanol–water partition coefficient (Wildman–Crippen LogP) is 4.65. The molecular formula is C8H8BrCl2O3PSTi. The Kier molecular flexibility index (Phi) is 8.46. The van der Waals surface area contributed by atoms with E-state index in [4.69, 9.17) is 48.6 Å². The zero-order valence-electron chi connectivity index (χ0n) is 8.87. The van der Waals surface area contributed by atoms with E-state index in [9.17, 15) is 0 Å². The molecule has 0 fully saturated rings. The molecule has 0 spiro atoms. The van der Waals surface area contributed by atoms with Gasteiger partial charge in [0.25, 0.3) is 0 Å². The van der Waals surface area contributed by atoms with Crippen LogP contribution in [0.4, 0.5) is 0 Å². The van der Waals surface area contributed by atoms with Gasteiger partial charge in [0.2, 0.25) is 0 Å². The Balaban J connectivity index is 0.00000256. The minimum atomic E-state index is -2.79. The third-order valence-electron chi connectivity index (χ3n) is 1.63. The fraction of sp³-hybridized carbons (Fsp3) is 0.250. The van der Waals surface area contributed by atoms with Crippen molar-refractivity contribution in [3.63, 3.8) is 0 Å². The van der Waals surface area contributed by atoms with Crippen LogP contribution in [0.3, 0.4) is 0 Å². The van der Waals surface area contributed by atoms with Crippen molar-refractivity contribution in [2.45, 2.75) is 0 Å². The molecule has 0 saturated carbocycles. The van der Waals surface area contributed by atoms with E-state index in [0.29, 0.717) is 20.3 Å². The van der Waals surface area contributed by atoms with E-state index in [-0.39, 0.29) is 21.7 Å². The van der Waals surface area contributed by atoms with Gasteiger partial charge in [-0.15, -0.1) is 0 Å². The van der Waals surface area contributed by atoms with E-state index in [1.54, 1.807) is 12.1 Å². The molecular weight excluding hydrogens is 406 g/mol. The van der Waals surface area contributed by atoms with Gasteiger partial charge in [-0.25, -0.2) is 0 Å². The van der Waals surface area contributed by atoms with Crippen molar-refractivity contribution in [2.75, 3.05) is 14.2 Å². The molecule has 0 N–H and O–H groups in total. The number of halogens is 3. The summed E-state index contributed by atoms with van der Waals surface area (Å²) in [6.45, 7) is -2.79. The monoisotopic (exact) mass is 412 g/mol. The smallest absolute Gasteiger partial charge is 0.380 e. The topological polar surface area (TPSA) is 27.7 Å². The number of hydrogen-bond acceptors (Lipinski definition) is 4. The molecule has 0 unspecified atom stereocenters. The van der Waals surface area contributed by atoms with Crippen molar-refractivity contribution in [3.05, 3.63) is 26.7 Å². The summed E-state index contributed by atoms with van der Waals surface area (Å²) in [6, 6.07) is 3.16. The van der Waals surface area contributed by atoms with Gasteiger partial charge in [-0.2, -0.15) is 0 Å². The molecule has 0 radical (unpaired) electrons. The molecule has 0 heterocycles. The average molecular weight is 414 g/mol. The standard InChI is InChI=1S/C8H8BrCl2O3PS.Ti/c1-12-15(16,13-2)14-8-4-6(10)5(9)3-7(8)11;/h3-4H,1-2H3;. The molecule has 0 aliphatic heterocycles. The summed E-state index contributed by atoms with van der Waals surface area (Å²) in [6.07, 6.45) is 0. The van der Waals surface area contributed by atoms with Crippen LogP contribution in [0.25, 0.3) is 0 Å². The van der Waals surface area contributed by atoms with Crippen LogP contribution in [0.5, 0.6) is 5.75 Å². The fourth-order valence-corrected chi connectivity index (χ4v) is 2.66. The van der Waals surface area contributed by atoms with Gasteiger partial charge < -0.3 is 13.6 Å². The molecule has 1 rings (SSSR count). The quantitative estimate of drug-likeness (QED) is 0.408. The molecule has 0 aromatic heterocycles. The number of benzene rings is 1. The first-order valence-electron chi connectivity index (χ1n) is 3.97. The van der Waals surface area contributed by atoms with Gasteiger partial charge in [-0.1, -0.05) is 23.2 Å². The second kappa shape index (κ2) is 7.83. The molecule has 17 heavy (non-hydrogen) atoms. The molecule has 0 amide bonds. The van der Waals surface area contributed by atoms with E-state index in [1.807, 2.05) is 0 Å². The van der Waals surface area contributed by atoms with Crippen LogP contribution in [0.1, 0.15) is 0 Å². The minimum Gasteiger partial charge on any atom is -0.422 e. The maximum Gasteiger partial charge on any atom is 0.380 e. The van der Waals surface area contributed by atoms with E-state index < -0.39 is 6.72 Å². The molecule has 1 aromatic rings. The first kappa shape index (κ1) is 18.4. The van der Waals surface area contributed by atoms with E-state index in [2.05, 4.69) is 15.9 Å². The van der Waals surface area contributed by atoms with Crippen LogP contribution in [-0.2, 0) is 42.6 Å². The van der Waals surface area contributed by atoms with Crippen molar-refractivity contribution in [1.82, 2.24) is 0 Å².